The predicted octanol–water partition coefficient (Wildman–Crippen LogP) is 4.67. The Kier molecular flexibility index (Phi) is 7.29. The number of thiophene rings is 1. The number of benzene rings is 2. The number of aromatic hydroxyl groups is 1. The number of fused-ring (bicyclic) bond motifs is 3. The number of nitrogens with zero attached hydrogens (tertiary/aromatic N) is 3. The number of para-hydroxylation sites is 1. The molecular weight excluding hydrogens is 508 g/mol. The topological polar surface area (TPSA) is 106 Å². The Hall–Kier alpha value is -3.63. The number of methoxy groups -OCH3 is 1. The minimum absolute atomic E-state index is 0.0278. The van der Waals surface area contributed by atoms with Gasteiger partial charge in [-0.1, -0.05) is 30.0 Å². The normalized spacial score (nSPS) is 13.4. The molecule has 1 aliphatic rings. The van der Waals surface area contributed by atoms with E-state index in [1.807, 2.05) is 30.3 Å². The van der Waals surface area contributed by atoms with Crippen LogP contribution in [0.3, 0.4) is 0 Å². The maximum Gasteiger partial charge on any atom is 0.267 e. The van der Waals surface area contributed by atoms with Crippen LogP contribution in [0.15, 0.2) is 63.6 Å². The monoisotopic (exact) mass is 534 g/mol. The lowest BCUT2D eigenvalue weighted by Crippen LogP contribution is -2.24. The molecule has 0 saturated heterocycles. The molecule has 0 saturated carbocycles. The second-order valence-electron chi connectivity index (χ2n) is 8.67. The first-order valence-corrected chi connectivity index (χ1v) is 13.7. The van der Waals surface area contributed by atoms with Crippen LogP contribution >= 0.6 is 23.1 Å². The van der Waals surface area contributed by atoms with Crippen molar-refractivity contribution in [3.63, 3.8) is 0 Å². The molecule has 190 valence electrons. The zero-order valence-electron chi connectivity index (χ0n) is 20.5. The molecule has 5 rings (SSSR count). The lowest BCUT2D eigenvalue weighted by atomic mass is 9.97. The molecule has 2 aromatic heterocycles. The van der Waals surface area contributed by atoms with Crippen LogP contribution in [0.5, 0.6) is 11.5 Å². The van der Waals surface area contributed by atoms with Crippen molar-refractivity contribution in [2.75, 3.05) is 12.9 Å². The molecule has 0 atom stereocenters. The van der Waals surface area contributed by atoms with Crippen molar-refractivity contribution >= 4 is 44.9 Å². The van der Waals surface area contributed by atoms with Gasteiger partial charge in [-0.2, -0.15) is 5.10 Å². The number of hydrazone groups is 1. The standard InChI is InChI=1S/C27H26N4O4S2/c1-16(17-12-13-20(32)21(14-17)35-2)29-30-23(33)15-36-27-28-25-24(19-10-6-7-11-22(19)37-25)26(34)31(27)18-8-4-3-5-9-18/h3-5,8-9,12-14,32H,6-7,10-11,15H2,1-2H3,(H,30,33)/b29-16+. The molecule has 1 aliphatic carbocycles. The van der Waals surface area contributed by atoms with E-state index in [2.05, 4.69) is 10.5 Å². The fraction of sp³-hybridized carbons (Fsp3) is 0.259. The Morgan fingerprint density at radius 3 is 2.78 bits per heavy atom. The highest BCUT2D eigenvalue weighted by molar-refractivity contribution is 7.99. The van der Waals surface area contributed by atoms with E-state index >= 15 is 0 Å². The maximum absolute atomic E-state index is 13.7. The van der Waals surface area contributed by atoms with E-state index in [-0.39, 0.29) is 23.0 Å². The summed E-state index contributed by atoms with van der Waals surface area (Å²) in [5.74, 6) is 0.0602. The van der Waals surface area contributed by atoms with Gasteiger partial charge in [-0.25, -0.2) is 10.4 Å². The van der Waals surface area contributed by atoms with E-state index in [1.165, 1.54) is 29.8 Å². The van der Waals surface area contributed by atoms with Crippen molar-refractivity contribution in [3.8, 4) is 17.2 Å². The number of ether oxygens (including phenoxy) is 1. The zero-order valence-corrected chi connectivity index (χ0v) is 22.1. The molecule has 0 spiro atoms. The summed E-state index contributed by atoms with van der Waals surface area (Å²) in [6.45, 7) is 1.75. The van der Waals surface area contributed by atoms with E-state index in [0.29, 0.717) is 27.6 Å². The van der Waals surface area contributed by atoms with Crippen molar-refractivity contribution in [1.82, 2.24) is 15.0 Å². The van der Waals surface area contributed by atoms with E-state index in [0.717, 1.165) is 41.8 Å². The third kappa shape index (κ3) is 5.12. The van der Waals surface area contributed by atoms with E-state index in [4.69, 9.17) is 9.72 Å². The van der Waals surface area contributed by atoms with Gasteiger partial charge >= 0.3 is 0 Å². The Morgan fingerprint density at radius 1 is 1.22 bits per heavy atom. The third-order valence-corrected chi connectivity index (χ3v) is 8.37. The molecule has 0 unspecified atom stereocenters. The summed E-state index contributed by atoms with van der Waals surface area (Å²) < 4.78 is 6.74. The first-order chi connectivity index (χ1) is 18.0. The summed E-state index contributed by atoms with van der Waals surface area (Å²) in [4.78, 5) is 33.2. The number of hydrogen-bond donors (Lipinski definition) is 2. The molecule has 2 aromatic carbocycles. The number of aromatic nitrogens is 2. The van der Waals surface area contributed by atoms with Gasteiger partial charge in [-0.05, 0) is 68.5 Å². The molecule has 2 N–H and O–H groups in total. The van der Waals surface area contributed by atoms with Crippen LogP contribution in [0.1, 0.15) is 35.8 Å². The van der Waals surface area contributed by atoms with Crippen LogP contribution in [-0.4, -0.2) is 39.1 Å². The van der Waals surface area contributed by atoms with Crippen molar-refractivity contribution in [1.29, 1.82) is 0 Å². The average molecular weight is 535 g/mol. The summed E-state index contributed by atoms with van der Waals surface area (Å²) in [5.41, 5.74) is 5.59. The van der Waals surface area contributed by atoms with Crippen LogP contribution in [0, 0.1) is 0 Å². The molecule has 2 heterocycles. The summed E-state index contributed by atoms with van der Waals surface area (Å²) in [5, 5.41) is 15.2. The molecule has 1 amide bonds. The minimum atomic E-state index is -0.325. The van der Waals surface area contributed by atoms with Crippen LogP contribution in [0.25, 0.3) is 15.9 Å². The van der Waals surface area contributed by atoms with Gasteiger partial charge in [0, 0.05) is 10.4 Å². The van der Waals surface area contributed by atoms with E-state index in [1.54, 1.807) is 35.0 Å². The number of rotatable bonds is 7. The molecule has 0 aliphatic heterocycles. The van der Waals surface area contributed by atoms with Gasteiger partial charge in [0.2, 0.25) is 0 Å². The lowest BCUT2D eigenvalue weighted by molar-refractivity contribution is -0.118. The smallest absolute Gasteiger partial charge is 0.267 e. The van der Waals surface area contributed by atoms with Gasteiger partial charge in [-0.15, -0.1) is 11.3 Å². The molecular formula is C27H26N4O4S2. The zero-order chi connectivity index (χ0) is 25.9. The highest BCUT2D eigenvalue weighted by Crippen LogP contribution is 2.35. The molecule has 37 heavy (non-hydrogen) atoms. The Morgan fingerprint density at radius 2 is 2.00 bits per heavy atom. The van der Waals surface area contributed by atoms with Crippen molar-refractivity contribution < 1.29 is 14.6 Å². The summed E-state index contributed by atoms with van der Waals surface area (Å²) in [6.07, 6.45) is 4.10. The van der Waals surface area contributed by atoms with Gasteiger partial charge in [-0.3, -0.25) is 14.2 Å². The fourth-order valence-electron chi connectivity index (χ4n) is 4.36. The van der Waals surface area contributed by atoms with Crippen LogP contribution < -0.4 is 15.7 Å². The number of thioether (sulfide) groups is 1. The maximum atomic E-state index is 13.7. The largest absolute Gasteiger partial charge is 0.504 e. The van der Waals surface area contributed by atoms with Crippen molar-refractivity contribution in [2.45, 2.75) is 37.8 Å². The number of phenols is 1. The van der Waals surface area contributed by atoms with Gasteiger partial charge in [0.1, 0.15) is 4.83 Å². The first-order valence-electron chi connectivity index (χ1n) is 11.9. The Bertz CT molecular complexity index is 1560. The summed E-state index contributed by atoms with van der Waals surface area (Å²) in [6, 6.07) is 14.3. The predicted molar refractivity (Wildman–Crippen MR) is 148 cm³/mol. The quantitative estimate of drug-likeness (QED) is 0.154. The molecule has 0 bridgehead atoms. The van der Waals surface area contributed by atoms with Crippen LogP contribution in [0.2, 0.25) is 0 Å². The van der Waals surface area contributed by atoms with Crippen molar-refractivity contribution in [2.24, 2.45) is 5.10 Å². The molecule has 10 heteroatoms. The Balaban J connectivity index is 1.40. The average Bonchev–Trinajstić information content (AvgIpc) is 3.30. The first kappa shape index (κ1) is 25.0. The highest BCUT2D eigenvalue weighted by Gasteiger charge is 2.23. The number of carbonyl (C=O) groups excluding carboxylic acids is 1. The molecule has 0 fully saturated rings. The fourth-order valence-corrected chi connectivity index (χ4v) is 6.47. The lowest BCUT2D eigenvalue weighted by Gasteiger charge is -2.13. The van der Waals surface area contributed by atoms with Crippen molar-refractivity contribution in [3.05, 3.63) is 74.9 Å². The van der Waals surface area contributed by atoms with Gasteiger partial charge in [0.25, 0.3) is 11.5 Å². The van der Waals surface area contributed by atoms with Crippen LogP contribution in [-0.2, 0) is 17.6 Å². The highest BCUT2D eigenvalue weighted by atomic mass is 32.2. The van der Waals surface area contributed by atoms with Gasteiger partial charge < -0.3 is 9.84 Å². The minimum Gasteiger partial charge on any atom is -0.504 e. The number of amides is 1. The number of aryl methyl sites for hydroxylation is 2. The van der Waals surface area contributed by atoms with Gasteiger partial charge in [0.15, 0.2) is 16.7 Å². The van der Waals surface area contributed by atoms with E-state index in [9.17, 15) is 14.7 Å². The van der Waals surface area contributed by atoms with E-state index < -0.39 is 0 Å². The second-order valence-corrected chi connectivity index (χ2v) is 10.7. The van der Waals surface area contributed by atoms with Gasteiger partial charge in [0.05, 0.1) is 29.6 Å². The number of carbonyl (C=O) groups is 1. The molecule has 0 radical (unpaired) electrons. The Labute approximate surface area is 222 Å². The summed E-state index contributed by atoms with van der Waals surface area (Å²) in [7, 11) is 1.47. The SMILES string of the molecule is COc1cc(/C(C)=N/NC(=O)CSc2nc3sc4c(c3c(=O)n2-c2ccccc2)CCCC4)ccc1O. The molecule has 4 aromatic rings. The summed E-state index contributed by atoms with van der Waals surface area (Å²) >= 11 is 2.80. The molecule has 8 nitrogen and oxygen atoms in total. The number of hydrogen-bond acceptors (Lipinski definition) is 8. The third-order valence-electron chi connectivity index (χ3n) is 6.25. The second kappa shape index (κ2) is 10.8. The van der Waals surface area contributed by atoms with Crippen LogP contribution in [0.4, 0.5) is 0 Å². The number of phenolic OH excluding ortho intramolecular Hbond substituents is 1. The number of nitrogens with one attached hydrogen (secondary N) is 1.